The first-order valence-corrected chi connectivity index (χ1v) is 17.3. The third kappa shape index (κ3) is 4.46. The van der Waals surface area contributed by atoms with Gasteiger partial charge in [-0.25, -0.2) is 15.0 Å². The lowest BCUT2D eigenvalue weighted by Crippen LogP contribution is -2.01. The summed E-state index contributed by atoms with van der Waals surface area (Å²) in [7, 11) is 0. The van der Waals surface area contributed by atoms with Crippen molar-refractivity contribution in [2.75, 3.05) is 0 Å². The van der Waals surface area contributed by atoms with E-state index in [0.717, 1.165) is 82.5 Å². The highest BCUT2D eigenvalue weighted by atomic mass is 16.3. The Morgan fingerprint density at radius 3 is 1.88 bits per heavy atom. The molecular weight excluding hydrogens is 639 g/mol. The first kappa shape index (κ1) is 28.7. The number of para-hydroxylation sites is 1. The Kier molecular flexibility index (Phi) is 6.18. The Morgan fingerprint density at radius 2 is 1.00 bits per heavy atom. The number of fused-ring (bicyclic) bond motifs is 9. The molecule has 5 nitrogen and oxygen atoms in total. The number of aromatic nitrogens is 3. The molecule has 0 unspecified atom stereocenters. The van der Waals surface area contributed by atoms with E-state index in [2.05, 4.69) is 103 Å². The lowest BCUT2D eigenvalue weighted by atomic mass is 9.96. The highest BCUT2D eigenvalue weighted by molar-refractivity contribution is 6.19. The molecule has 0 spiro atoms. The van der Waals surface area contributed by atoms with Crippen LogP contribution in [0.2, 0.25) is 0 Å². The van der Waals surface area contributed by atoms with E-state index in [1.807, 2.05) is 60.7 Å². The fourth-order valence-corrected chi connectivity index (χ4v) is 7.64. The Hall–Kier alpha value is -7.11. The van der Waals surface area contributed by atoms with Crippen LogP contribution in [0.3, 0.4) is 0 Å². The van der Waals surface area contributed by atoms with Gasteiger partial charge in [0.25, 0.3) is 0 Å². The first-order chi connectivity index (χ1) is 25.7. The number of rotatable bonds is 4. The summed E-state index contributed by atoms with van der Waals surface area (Å²) in [4.78, 5) is 15.7. The number of hydrogen-bond acceptors (Lipinski definition) is 5. The molecule has 0 N–H and O–H groups in total. The number of hydrogen-bond donors (Lipinski definition) is 0. The Balaban J connectivity index is 1.24. The molecule has 8 aromatic carbocycles. The molecule has 0 amide bonds. The first-order valence-electron chi connectivity index (χ1n) is 17.3. The van der Waals surface area contributed by atoms with Crippen molar-refractivity contribution >= 4 is 65.4 Å². The van der Waals surface area contributed by atoms with Gasteiger partial charge in [0.05, 0.1) is 0 Å². The van der Waals surface area contributed by atoms with Gasteiger partial charge in [-0.2, -0.15) is 0 Å². The molecule has 0 aliphatic rings. The molecule has 242 valence electrons. The van der Waals surface area contributed by atoms with Crippen LogP contribution in [-0.4, -0.2) is 15.0 Å². The van der Waals surface area contributed by atoms with Crippen molar-refractivity contribution in [2.45, 2.75) is 0 Å². The van der Waals surface area contributed by atoms with Crippen molar-refractivity contribution in [3.63, 3.8) is 0 Å². The minimum Gasteiger partial charge on any atom is -0.456 e. The normalized spacial score (nSPS) is 11.8. The van der Waals surface area contributed by atoms with Gasteiger partial charge in [0.2, 0.25) is 0 Å². The lowest BCUT2D eigenvalue weighted by Gasteiger charge is -2.12. The summed E-state index contributed by atoms with van der Waals surface area (Å²) in [6.45, 7) is 0. The topological polar surface area (TPSA) is 65.0 Å². The van der Waals surface area contributed by atoms with Crippen LogP contribution >= 0.6 is 0 Å². The largest absolute Gasteiger partial charge is 0.456 e. The van der Waals surface area contributed by atoms with E-state index in [0.29, 0.717) is 17.5 Å². The molecule has 0 aliphatic carbocycles. The van der Waals surface area contributed by atoms with E-state index >= 15 is 0 Å². The van der Waals surface area contributed by atoms with Gasteiger partial charge >= 0.3 is 0 Å². The van der Waals surface area contributed by atoms with Crippen molar-refractivity contribution < 1.29 is 8.83 Å². The second-order valence-corrected chi connectivity index (χ2v) is 13.2. The lowest BCUT2D eigenvalue weighted by molar-refractivity contribution is 0.669. The molecule has 0 radical (unpaired) electrons. The third-order valence-electron chi connectivity index (χ3n) is 10.1. The summed E-state index contributed by atoms with van der Waals surface area (Å²) in [5.74, 6) is 1.73. The van der Waals surface area contributed by atoms with E-state index in [9.17, 15) is 0 Å². The summed E-state index contributed by atoms with van der Waals surface area (Å²) in [5, 5.41) is 8.53. The molecule has 11 aromatic rings. The van der Waals surface area contributed by atoms with E-state index in [1.54, 1.807) is 0 Å². The molecule has 0 saturated carbocycles. The number of nitrogens with zero attached hydrogens (tertiary/aromatic N) is 3. The van der Waals surface area contributed by atoms with Crippen LogP contribution < -0.4 is 0 Å². The van der Waals surface area contributed by atoms with Crippen LogP contribution in [0.25, 0.3) is 111 Å². The third-order valence-corrected chi connectivity index (χ3v) is 10.1. The molecule has 0 bridgehead atoms. The maximum absolute atomic E-state index is 6.82. The van der Waals surface area contributed by atoms with Crippen molar-refractivity contribution in [1.82, 2.24) is 15.0 Å². The molecule has 0 atom stereocenters. The maximum Gasteiger partial charge on any atom is 0.164 e. The summed E-state index contributed by atoms with van der Waals surface area (Å²) >= 11 is 0. The van der Waals surface area contributed by atoms with Gasteiger partial charge < -0.3 is 8.83 Å². The van der Waals surface area contributed by atoms with Gasteiger partial charge in [0.1, 0.15) is 22.3 Å². The fraction of sp³-hybridized carbons (Fsp3) is 0. The predicted octanol–water partition coefficient (Wildman–Crippen LogP) is 12.6. The summed E-state index contributed by atoms with van der Waals surface area (Å²) in [5.41, 5.74) is 7.99. The molecule has 0 fully saturated rings. The van der Waals surface area contributed by atoms with Gasteiger partial charge in [0.15, 0.2) is 17.5 Å². The van der Waals surface area contributed by atoms with Crippen LogP contribution in [-0.2, 0) is 0 Å². The van der Waals surface area contributed by atoms with E-state index in [4.69, 9.17) is 23.8 Å². The zero-order valence-corrected chi connectivity index (χ0v) is 27.7. The van der Waals surface area contributed by atoms with Crippen LogP contribution in [0.15, 0.2) is 173 Å². The monoisotopic (exact) mass is 665 g/mol. The van der Waals surface area contributed by atoms with Crippen LogP contribution in [0.1, 0.15) is 0 Å². The average molecular weight is 666 g/mol. The number of benzene rings is 8. The van der Waals surface area contributed by atoms with E-state index in [-0.39, 0.29) is 0 Å². The minimum absolute atomic E-state index is 0.567. The highest BCUT2D eigenvalue weighted by Gasteiger charge is 2.22. The Morgan fingerprint density at radius 1 is 0.327 bits per heavy atom. The molecule has 52 heavy (non-hydrogen) atoms. The zero-order chi connectivity index (χ0) is 34.2. The molecule has 0 aliphatic heterocycles. The van der Waals surface area contributed by atoms with Crippen molar-refractivity contribution in [1.29, 1.82) is 0 Å². The van der Waals surface area contributed by atoms with Crippen LogP contribution in [0.5, 0.6) is 0 Å². The Labute approximate surface area is 297 Å². The number of furan rings is 2. The van der Waals surface area contributed by atoms with E-state index < -0.39 is 0 Å². The molecule has 0 saturated heterocycles. The molecule has 3 heterocycles. The summed E-state index contributed by atoms with van der Waals surface area (Å²) < 4.78 is 13.1. The van der Waals surface area contributed by atoms with Gasteiger partial charge in [0, 0.05) is 43.6 Å². The van der Waals surface area contributed by atoms with E-state index in [1.165, 1.54) is 10.8 Å². The van der Waals surface area contributed by atoms with Crippen molar-refractivity contribution in [3.05, 3.63) is 164 Å². The van der Waals surface area contributed by atoms with Gasteiger partial charge in [-0.05, 0) is 63.7 Å². The predicted molar refractivity (Wildman–Crippen MR) is 211 cm³/mol. The molecular formula is C47H27N3O2. The maximum atomic E-state index is 6.82. The molecule has 5 heteroatoms. The molecule has 11 rings (SSSR count). The standard InChI is InChI=1S/C47H27N3O2/c1-2-13-30(14-3-1)45-48-46(37-18-10-20-40-42(37)35-17-8-9-19-39(35)51-40)50-47(49-45)38-26-33(32-22-21-28-11-4-5-15-31(28)25-32)27-41-43(38)36-24-23-29-12-6-7-16-34(29)44(36)52-41/h1-27H. The summed E-state index contributed by atoms with van der Waals surface area (Å²) in [6, 6.07) is 56.3. The average Bonchev–Trinajstić information content (AvgIpc) is 3.79. The SMILES string of the molecule is c1ccc(-c2nc(-c3cccc4oc5ccccc5c34)nc(-c3cc(-c4ccc5ccccc5c4)cc4oc5c6ccccc6ccc5c34)n2)cc1. The Bertz CT molecular complexity index is 3190. The van der Waals surface area contributed by atoms with Gasteiger partial charge in [-0.3, -0.25) is 0 Å². The smallest absolute Gasteiger partial charge is 0.164 e. The van der Waals surface area contributed by atoms with Gasteiger partial charge in [-0.15, -0.1) is 0 Å². The summed E-state index contributed by atoms with van der Waals surface area (Å²) in [6.07, 6.45) is 0. The molecule has 3 aromatic heterocycles. The van der Waals surface area contributed by atoms with Crippen molar-refractivity contribution in [2.24, 2.45) is 0 Å². The van der Waals surface area contributed by atoms with Gasteiger partial charge in [-0.1, -0.05) is 127 Å². The quantitative estimate of drug-likeness (QED) is 0.187. The van der Waals surface area contributed by atoms with Crippen molar-refractivity contribution in [3.8, 4) is 45.3 Å². The van der Waals surface area contributed by atoms with Crippen LogP contribution in [0.4, 0.5) is 0 Å². The zero-order valence-electron chi connectivity index (χ0n) is 27.7. The minimum atomic E-state index is 0.567. The fourth-order valence-electron chi connectivity index (χ4n) is 7.64. The second kappa shape index (κ2) is 11.2. The second-order valence-electron chi connectivity index (χ2n) is 13.2. The highest BCUT2D eigenvalue weighted by Crippen LogP contribution is 2.43. The van der Waals surface area contributed by atoms with Crippen LogP contribution in [0, 0.1) is 0 Å².